The molecule has 1 aromatic carbocycles. The van der Waals surface area contributed by atoms with Gasteiger partial charge in [0.05, 0.1) is 11.7 Å². The average Bonchev–Trinajstić information content (AvgIpc) is 3.34. The van der Waals surface area contributed by atoms with Crippen molar-refractivity contribution in [1.82, 2.24) is 19.8 Å². The predicted octanol–water partition coefficient (Wildman–Crippen LogP) is 3.93. The van der Waals surface area contributed by atoms with Crippen LogP contribution in [0.5, 0.6) is 0 Å². The standard InChI is InChI=1S/C25H34FN5O/c1-4-22(30-13-5-6-14-30)24(32)31-15-11-19(12-16-31)23-21(17-27-25(28-23)29(2)3)18-7-9-20(26)10-8-18/h7-10,17,19,22H,4-6,11-16H2,1-3H3/t22-/m1/s1. The first kappa shape index (κ1) is 22.6. The number of piperidine rings is 1. The molecule has 1 amide bonds. The summed E-state index contributed by atoms with van der Waals surface area (Å²) in [5.74, 6) is 0.942. The number of hydrogen-bond acceptors (Lipinski definition) is 5. The Morgan fingerprint density at radius 3 is 2.38 bits per heavy atom. The summed E-state index contributed by atoms with van der Waals surface area (Å²) >= 11 is 0. The molecule has 3 heterocycles. The summed E-state index contributed by atoms with van der Waals surface area (Å²) in [5.41, 5.74) is 2.86. The van der Waals surface area contributed by atoms with Crippen LogP contribution in [0.1, 0.15) is 50.6 Å². The molecule has 2 fully saturated rings. The highest BCUT2D eigenvalue weighted by Gasteiger charge is 2.33. The van der Waals surface area contributed by atoms with Crippen molar-refractivity contribution in [3.8, 4) is 11.1 Å². The molecule has 1 atom stereocenters. The normalized spacial score (nSPS) is 18.7. The first-order valence-electron chi connectivity index (χ1n) is 11.8. The van der Waals surface area contributed by atoms with Crippen LogP contribution in [0.25, 0.3) is 11.1 Å². The van der Waals surface area contributed by atoms with Crippen LogP contribution < -0.4 is 4.90 Å². The van der Waals surface area contributed by atoms with Gasteiger partial charge in [-0.15, -0.1) is 0 Å². The molecule has 0 radical (unpaired) electrons. The molecule has 4 rings (SSSR count). The number of halogens is 1. The molecule has 2 saturated heterocycles. The van der Waals surface area contributed by atoms with Gasteiger partial charge in [-0.2, -0.15) is 0 Å². The molecule has 6 nitrogen and oxygen atoms in total. The largest absolute Gasteiger partial charge is 0.347 e. The molecule has 0 aliphatic carbocycles. The Balaban J connectivity index is 1.52. The lowest BCUT2D eigenvalue weighted by Crippen LogP contribution is -2.49. The van der Waals surface area contributed by atoms with Crippen LogP contribution in [-0.2, 0) is 4.79 Å². The van der Waals surface area contributed by atoms with Crippen molar-refractivity contribution in [3.63, 3.8) is 0 Å². The first-order valence-corrected chi connectivity index (χ1v) is 11.8. The van der Waals surface area contributed by atoms with Gasteiger partial charge in [0.15, 0.2) is 0 Å². The molecule has 0 saturated carbocycles. The third-order valence-electron chi connectivity index (χ3n) is 6.81. The number of amides is 1. The maximum Gasteiger partial charge on any atom is 0.239 e. The summed E-state index contributed by atoms with van der Waals surface area (Å²) in [6.07, 6.45) is 6.86. The molecule has 2 aliphatic rings. The van der Waals surface area contributed by atoms with Crippen LogP contribution in [0.15, 0.2) is 30.5 Å². The van der Waals surface area contributed by atoms with Gasteiger partial charge in [0.2, 0.25) is 11.9 Å². The quantitative estimate of drug-likeness (QED) is 0.683. The Hall–Kier alpha value is -2.54. The van der Waals surface area contributed by atoms with E-state index in [1.807, 2.05) is 25.2 Å². The molecule has 0 N–H and O–H groups in total. The lowest BCUT2D eigenvalue weighted by molar-refractivity contribution is -0.137. The van der Waals surface area contributed by atoms with E-state index in [2.05, 4.69) is 21.7 Å². The van der Waals surface area contributed by atoms with Gasteiger partial charge < -0.3 is 9.80 Å². The maximum atomic E-state index is 13.5. The molecule has 0 bridgehead atoms. The topological polar surface area (TPSA) is 52.6 Å². The maximum absolute atomic E-state index is 13.5. The number of hydrogen-bond donors (Lipinski definition) is 0. The number of anilines is 1. The number of aromatic nitrogens is 2. The molecular formula is C25H34FN5O. The molecule has 1 aromatic heterocycles. The number of carbonyl (C=O) groups is 1. The lowest BCUT2D eigenvalue weighted by Gasteiger charge is -2.36. The van der Waals surface area contributed by atoms with E-state index in [-0.39, 0.29) is 23.7 Å². The number of likely N-dealkylation sites (tertiary alicyclic amines) is 2. The fraction of sp³-hybridized carbons (Fsp3) is 0.560. The molecule has 0 spiro atoms. The summed E-state index contributed by atoms with van der Waals surface area (Å²) in [4.78, 5) is 28.9. The van der Waals surface area contributed by atoms with Crippen molar-refractivity contribution in [2.45, 2.75) is 51.0 Å². The van der Waals surface area contributed by atoms with E-state index in [4.69, 9.17) is 4.98 Å². The highest BCUT2D eigenvalue weighted by Crippen LogP contribution is 2.35. The van der Waals surface area contributed by atoms with Crippen molar-refractivity contribution < 1.29 is 9.18 Å². The van der Waals surface area contributed by atoms with Crippen molar-refractivity contribution in [2.24, 2.45) is 0 Å². The second kappa shape index (κ2) is 9.94. The Kier molecular flexibility index (Phi) is 7.04. The average molecular weight is 440 g/mol. The Labute approximate surface area is 190 Å². The third-order valence-corrected chi connectivity index (χ3v) is 6.81. The zero-order chi connectivity index (χ0) is 22.7. The number of benzene rings is 1. The highest BCUT2D eigenvalue weighted by molar-refractivity contribution is 5.82. The van der Waals surface area contributed by atoms with E-state index < -0.39 is 0 Å². The van der Waals surface area contributed by atoms with Crippen LogP contribution >= 0.6 is 0 Å². The SMILES string of the molecule is CC[C@H](C(=O)N1CCC(c2nc(N(C)C)ncc2-c2ccc(F)cc2)CC1)N1CCCC1. The van der Waals surface area contributed by atoms with Gasteiger partial charge in [-0.25, -0.2) is 14.4 Å². The first-order chi connectivity index (χ1) is 15.5. The Morgan fingerprint density at radius 1 is 1.12 bits per heavy atom. The second-order valence-corrected chi connectivity index (χ2v) is 9.14. The van der Waals surface area contributed by atoms with Crippen LogP contribution in [-0.4, -0.2) is 72.0 Å². The molecule has 32 heavy (non-hydrogen) atoms. The van der Waals surface area contributed by atoms with E-state index >= 15 is 0 Å². The monoisotopic (exact) mass is 439 g/mol. The fourth-order valence-corrected chi connectivity index (χ4v) is 4.99. The predicted molar refractivity (Wildman–Crippen MR) is 125 cm³/mol. The molecular weight excluding hydrogens is 405 g/mol. The van der Waals surface area contributed by atoms with Gasteiger partial charge >= 0.3 is 0 Å². The van der Waals surface area contributed by atoms with E-state index in [0.717, 1.165) is 62.3 Å². The zero-order valence-electron chi connectivity index (χ0n) is 19.4. The number of carbonyl (C=O) groups excluding carboxylic acids is 1. The van der Waals surface area contributed by atoms with E-state index in [9.17, 15) is 9.18 Å². The van der Waals surface area contributed by atoms with Crippen molar-refractivity contribution in [1.29, 1.82) is 0 Å². The fourth-order valence-electron chi connectivity index (χ4n) is 4.99. The van der Waals surface area contributed by atoms with E-state index in [1.54, 1.807) is 12.1 Å². The van der Waals surface area contributed by atoms with Crippen LogP contribution in [0, 0.1) is 5.82 Å². The summed E-state index contributed by atoms with van der Waals surface area (Å²) in [7, 11) is 3.86. The van der Waals surface area contributed by atoms with Gasteiger partial charge in [-0.05, 0) is 62.9 Å². The van der Waals surface area contributed by atoms with Crippen molar-refractivity contribution in [3.05, 3.63) is 42.0 Å². The zero-order valence-corrected chi connectivity index (χ0v) is 19.4. The molecule has 0 unspecified atom stereocenters. The highest BCUT2D eigenvalue weighted by atomic mass is 19.1. The molecule has 172 valence electrons. The van der Waals surface area contributed by atoms with Crippen molar-refractivity contribution >= 4 is 11.9 Å². The minimum Gasteiger partial charge on any atom is -0.347 e. The van der Waals surface area contributed by atoms with E-state index in [0.29, 0.717) is 5.95 Å². The molecule has 2 aliphatic heterocycles. The summed E-state index contributed by atoms with van der Waals surface area (Å²) in [5, 5.41) is 0. The third kappa shape index (κ3) is 4.77. The summed E-state index contributed by atoms with van der Waals surface area (Å²) in [6, 6.07) is 6.54. The van der Waals surface area contributed by atoms with Gasteiger partial charge in [-0.1, -0.05) is 19.1 Å². The minimum absolute atomic E-state index is 0.0169. The van der Waals surface area contributed by atoms with Gasteiger partial charge in [0, 0.05) is 44.9 Å². The van der Waals surface area contributed by atoms with Crippen molar-refractivity contribution in [2.75, 3.05) is 45.2 Å². The number of nitrogens with zero attached hydrogens (tertiary/aromatic N) is 5. The van der Waals surface area contributed by atoms with Crippen LogP contribution in [0.4, 0.5) is 10.3 Å². The Bertz CT molecular complexity index is 918. The van der Waals surface area contributed by atoms with Gasteiger partial charge in [-0.3, -0.25) is 9.69 Å². The van der Waals surface area contributed by atoms with Gasteiger partial charge in [0.1, 0.15) is 5.82 Å². The summed E-state index contributed by atoms with van der Waals surface area (Å²) < 4.78 is 13.5. The minimum atomic E-state index is -0.253. The summed E-state index contributed by atoms with van der Waals surface area (Å²) in [6.45, 7) is 5.69. The van der Waals surface area contributed by atoms with E-state index in [1.165, 1.54) is 25.0 Å². The molecule has 7 heteroatoms. The van der Waals surface area contributed by atoms with Gasteiger partial charge in [0.25, 0.3) is 0 Å². The Morgan fingerprint density at radius 2 is 1.78 bits per heavy atom. The lowest BCUT2D eigenvalue weighted by atomic mass is 9.88. The van der Waals surface area contributed by atoms with Crippen LogP contribution in [0.2, 0.25) is 0 Å². The number of rotatable bonds is 6. The van der Waals surface area contributed by atoms with Crippen LogP contribution in [0.3, 0.4) is 0 Å². The molecule has 2 aromatic rings. The second-order valence-electron chi connectivity index (χ2n) is 9.14. The smallest absolute Gasteiger partial charge is 0.239 e.